The lowest BCUT2D eigenvalue weighted by atomic mass is 10.3. The summed E-state index contributed by atoms with van der Waals surface area (Å²) < 4.78 is 10.3. The Labute approximate surface area is 119 Å². The SMILES string of the molecule is O=C(/C=C/c1ccco1)Nc1ccc2c(n1)NC(=O)CO2. The monoisotopic (exact) mass is 285 g/mol. The molecule has 0 unspecified atom stereocenters. The molecule has 21 heavy (non-hydrogen) atoms. The average molecular weight is 285 g/mol. The van der Waals surface area contributed by atoms with Crippen LogP contribution in [0, 0.1) is 0 Å². The van der Waals surface area contributed by atoms with Crippen LogP contribution in [-0.2, 0) is 9.59 Å². The fourth-order valence-corrected chi connectivity index (χ4v) is 1.75. The number of amides is 2. The van der Waals surface area contributed by atoms with Gasteiger partial charge in [-0.2, -0.15) is 0 Å². The van der Waals surface area contributed by atoms with Gasteiger partial charge in [-0.05, 0) is 30.3 Å². The Morgan fingerprint density at radius 2 is 2.29 bits per heavy atom. The van der Waals surface area contributed by atoms with Crippen LogP contribution in [-0.4, -0.2) is 23.4 Å². The lowest BCUT2D eigenvalue weighted by Gasteiger charge is -2.17. The van der Waals surface area contributed by atoms with Gasteiger partial charge in [0.15, 0.2) is 18.2 Å². The van der Waals surface area contributed by atoms with Gasteiger partial charge in [-0.1, -0.05) is 0 Å². The van der Waals surface area contributed by atoms with Crippen molar-refractivity contribution in [2.24, 2.45) is 0 Å². The molecule has 3 rings (SSSR count). The quantitative estimate of drug-likeness (QED) is 0.836. The maximum absolute atomic E-state index is 11.7. The Morgan fingerprint density at radius 1 is 1.38 bits per heavy atom. The number of rotatable bonds is 3. The van der Waals surface area contributed by atoms with E-state index in [1.165, 1.54) is 12.3 Å². The molecular formula is C14H11N3O4. The summed E-state index contributed by atoms with van der Waals surface area (Å²) in [5, 5.41) is 5.15. The Kier molecular flexibility index (Phi) is 3.38. The molecule has 7 heteroatoms. The topological polar surface area (TPSA) is 93.5 Å². The standard InChI is InChI=1S/C14H11N3O4/c18-12(6-3-9-2-1-7-20-9)15-11-5-4-10-14(16-11)17-13(19)8-21-10/h1-7H,8H2,(H2,15,16,17,18,19)/b6-3+. The number of furan rings is 1. The summed E-state index contributed by atoms with van der Waals surface area (Å²) in [5.74, 6) is 1.01. The lowest BCUT2D eigenvalue weighted by Crippen LogP contribution is -2.26. The first-order valence-corrected chi connectivity index (χ1v) is 6.17. The molecule has 0 saturated carbocycles. The lowest BCUT2D eigenvalue weighted by molar-refractivity contribution is -0.118. The summed E-state index contributed by atoms with van der Waals surface area (Å²) in [7, 11) is 0. The van der Waals surface area contributed by atoms with Gasteiger partial charge in [-0.3, -0.25) is 9.59 Å². The van der Waals surface area contributed by atoms with Crippen molar-refractivity contribution in [3.05, 3.63) is 42.4 Å². The summed E-state index contributed by atoms with van der Waals surface area (Å²) in [6.45, 7) is -0.0354. The molecule has 106 valence electrons. The minimum atomic E-state index is -0.359. The highest BCUT2D eigenvalue weighted by atomic mass is 16.5. The average Bonchev–Trinajstić information content (AvgIpc) is 2.98. The Bertz CT molecular complexity index is 707. The molecule has 1 aliphatic rings. The first-order valence-electron chi connectivity index (χ1n) is 6.17. The zero-order valence-electron chi connectivity index (χ0n) is 10.8. The molecule has 0 aromatic carbocycles. The van der Waals surface area contributed by atoms with Crippen LogP contribution in [0.2, 0.25) is 0 Å². The van der Waals surface area contributed by atoms with Crippen LogP contribution < -0.4 is 15.4 Å². The van der Waals surface area contributed by atoms with Gasteiger partial charge in [0.05, 0.1) is 6.26 Å². The summed E-state index contributed by atoms with van der Waals surface area (Å²) in [6, 6.07) is 6.68. The van der Waals surface area contributed by atoms with Crippen LogP contribution in [0.3, 0.4) is 0 Å². The molecule has 1 aliphatic heterocycles. The van der Waals surface area contributed by atoms with Crippen molar-refractivity contribution in [3.8, 4) is 5.75 Å². The zero-order chi connectivity index (χ0) is 14.7. The Hall–Kier alpha value is -3.09. The molecule has 0 aliphatic carbocycles. The minimum absolute atomic E-state index is 0.0354. The number of fused-ring (bicyclic) bond motifs is 1. The molecule has 2 amide bonds. The highest BCUT2D eigenvalue weighted by Crippen LogP contribution is 2.26. The number of carbonyl (C=O) groups is 2. The summed E-state index contributed by atoms with van der Waals surface area (Å²) in [5.41, 5.74) is 0. The number of nitrogens with one attached hydrogen (secondary N) is 2. The van der Waals surface area contributed by atoms with Crippen molar-refractivity contribution >= 4 is 29.5 Å². The summed E-state index contributed by atoms with van der Waals surface area (Å²) >= 11 is 0. The predicted octanol–water partition coefficient (Wildman–Crippen LogP) is 1.66. The van der Waals surface area contributed by atoms with Crippen LogP contribution in [0.15, 0.2) is 41.0 Å². The highest BCUT2D eigenvalue weighted by Gasteiger charge is 2.17. The second-order valence-corrected chi connectivity index (χ2v) is 4.22. The maximum atomic E-state index is 11.7. The number of ether oxygens (including phenoxy) is 1. The zero-order valence-corrected chi connectivity index (χ0v) is 10.8. The Morgan fingerprint density at radius 3 is 3.10 bits per heavy atom. The number of hydrogen-bond donors (Lipinski definition) is 2. The van der Waals surface area contributed by atoms with Gasteiger partial charge in [-0.25, -0.2) is 4.98 Å². The third kappa shape index (κ3) is 3.08. The van der Waals surface area contributed by atoms with E-state index in [0.29, 0.717) is 23.1 Å². The van der Waals surface area contributed by atoms with Crippen LogP contribution in [0.4, 0.5) is 11.6 Å². The molecule has 0 atom stereocenters. The van der Waals surface area contributed by atoms with Gasteiger partial charge >= 0.3 is 0 Å². The second kappa shape index (κ2) is 5.49. The van der Waals surface area contributed by atoms with Gasteiger partial charge in [0.1, 0.15) is 11.6 Å². The van der Waals surface area contributed by atoms with Gasteiger partial charge in [-0.15, -0.1) is 0 Å². The third-order valence-electron chi connectivity index (χ3n) is 2.67. The first-order chi connectivity index (χ1) is 10.2. The number of nitrogens with zero attached hydrogens (tertiary/aromatic N) is 1. The number of aromatic nitrogens is 1. The molecule has 3 heterocycles. The van der Waals surface area contributed by atoms with Gasteiger partial charge in [0, 0.05) is 6.08 Å². The van der Waals surface area contributed by atoms with E-state index in [0.717, 1.165) is 0 Å². The molecule has 0 spiro atoms. The van der Waals surface area contributed by atoms with E-state index >= 15 is 0 Å². The van der Waals surface area contributed by atoms with Crippen LogP contribution >= 0.6 is 0 Å². The summed E-state index contributed by atoms with van der Waals surface area (Å²) in [4.78, 5) is 27.1. The van der Waals surface area contributed by atoms with E-state index in [-0.39, 0.29) is 18.4 Å². The van der Waals surface area contributed by atoms with Crippen LogP contribution in [0.1, 0.15) is 5.76 Å². The van der Waals surface area contributed by atoms with Gasteiger partial charge in [0.25, 0.3) is 5.91 Å². The fourth-order valence-electron chi connectivity index (χ4n) is 1.75. The van der Waals surface area contributed by atoms with Crippen LogP contribution in [0.25, 0.3) is 6.08 Å². The molecule has 0 bridgehead atoms. The fraction of sp³-hybridized carbons (Fsp3) is 0.0714. The molecule has 0 fully saturated rings. The minimum Gasteiger partial charge on any atom is -0.480 e. The first kappa shape index (κ1) is 12.9. The predicted molar refractivity (Wildman–Crippen MR) is 74.7 cm³/mol. The van der Waals surface area contributed by atoms with Crippen molar-refractivity contribution in [2.45, 2.75) is 0 Å². The van der Waals surface area contributed by atoms with E-state index in [2.05, 4.69) is 15.6 Å². The molecular weight excluding hydrogens is 274 g/mol. The smallest absolute Gasteiger partial charge is 0.263 e. The molecule has 0 radical (unpaired) electrons. The van der Waals surface area contributed by atoms with Crippen molar-refractivity contribution in [1.82, 2.24) is 4.98 Å². The van der Waals surface area contributed by atoms with E-state index in [1.54, 1.807) is 30.3 Å². The van der Waals surface area contributed by atoms with Gasteiger partial charge < -0.3 is 19.8 Å². The number of anilines is 2. The number of hydrogen-bond acceptors (Lipinski definition) is 5. The largest absolute Gasteiger partial charge is 0.480 e. The molecule has 2 N–H and O–H groups in total. The number of carbonyl (C=O) groups excluding carboxylic acids is 2. The molecule has 2 aromatic heterocycles. The van der Waals surface area contributed by atoms with E-state index in [4.69, 9.17) is 9.15 Å². The van der Waals surface area contributed by atoms with Crippen molar-refractivity contribution < 1.29 is 18.7 Å². The third-order valence-corrected chi connectivity index (χ3v) is 2.67. The maximum Gasteiger partial charge on any atom is 0.263 e. The normalized spacial score (nSPS) is 13.4. The highest BCUT2D eigenvalue weighted by molar-refractivity contribution is 6.01. The number of pyridine rings is 1. The van der Waals surface area contributed by atoms with E-state index in [1.807, 2.05) is 0 Å². The molecule has 7 nitrogen and oxygen atoms in total. The van der Waals surface area contributed by atoms with Crippen molar-refractivity contribution in [2.75, 3.05) is 17.2 Å². The van der Waals surface area contributed by atoms with Gasteiger partial charge in [0.2, 0.25) is 5.91 Å². The second-order valence-electron chi connectivity index (χ2n) is 4.22. The van der Waals surface area contributed by atoms with Crippen LogP contribution in [0.5, 0.6) is 5.75 Å². The van der Waals surface area contributed by atoms with E-state index < -0.39 is 0 Å². The van der Waals surface area contributed by atoms with Crippen molar-refractivity contribution in [1.29, 1.82) is 0 Å². The molecule has 0 saturated heterocycles. The summed E-state index contributed by atoms with van der Waals surface area (Å²) in [6.07, 6.45) is 4.39. The molecule has 2 aromatic rings. The van der Waals surface area contributed by atoms with E-state index in [9.17, 15) is 9.59 Å². The van der Waals surface area contributed by atoms with Crippen molar-refractivity contribution in [3.63, 3.8) is 0 Å². The Balaban J connectivity index is 1.69.